The molecule has 1 aliphatic rings. The summed E-state index contributed by atoms with van der Waals surface area (Å²) in [6.45, 7) is 2.98. The molecule has 30 heavy (non-hydrogen) atoms. The van der Waals surface area contributed by atoms with Gasteiger partial charge in [0.1, 0.15) is 0 Å². The monoisotopic (exact) mass is 406 g/mol. The van der Waals surface area contributed by atoms with Gasteiger partial charge in [0.15, 0.2) is 0 Å². The van der Waals surface area contributed by atoms with Crippen LogP contribution in [0.25, 0.3) is 0 Å². The maximum Gasteiger partial charge on any atom is 0.303 e. The van der Waals surface area contributed by atoms with Crippen molar-refractivity contribution < 1.29 is 19.4 Å². The summed E-state index contributed by atoms with van der Waals surface area (Å²) in [6, 6.07) is 0. The van der Waals surface area contributed by atoms with Crippen LogP contribution in [-0.4, -0.2) is 24.2 Å². The first-order valence-electron chi connectivity index (χ1n) is 10.6. The number of carboxylic acid groups (broad SMARTS) is 1. The van der Waals surface area contributed by atoms with Crippen LogP contribution in [0.4, 0.5) is 0 Å². The highest BCUT2D eigenvalue weighted by molar-refractivity contribution is 5.66. The number of rotatable bonds is 12. The summed E-state index contributed by atoms with van der Waals surface area (Å²) in [7, 11) is 0. The molecular weight excluding hydrogens is 376 g/mol. The summed E-state index contributed by atoms with van der Waals surface area (Å²) in [4.78, 5) is 21.7. The van der Waals surface area contributed by atoms with Gasteiger partial charge in [-0.3, -0.25) is 9.59 Å². The van der Waals surface area contributed by atoms with Crippen LogP contribution in [0.5, 0.6) is 0 Å². The summed E-state index contributed by atoms with van der Waals surface area (Å²) in [5.41, 5.74) is 0. The number of hydrogen-bond donors (Lipinski definition) is 1. The molecule has 0 aliphatic heterocycles. The first-order valence-corrected chi connectivity index (χ1v) is 10.6. The molecule has 1 aliphatic carbocycles. The summed E-state index contributed by atoms with van der Waals surface area (Å²) in [6.07, 6.45) is 16.5. The van der Waals surface area contributed by atoms with Crippen molar-refractivity contribution in [2.45, 2.75) is 58.3 Å². The van der Waals surface area contributed by atoms with Crippen LogP contribution in [0.2, 0.25) is 0 Å². The topological polar surface area (TPSA) is 63.6 Å². The largest absolute Gasteiger partial charge is 0.481 e. The van der Waals surface area contributed by atoms with E-state index in [2.05, 4.69) is 60.5 Å². The molecule has 0 bridgehead atoms. The second-order valence-corrected chi connectivity index (χ2v) is 7.35. The molecule has 4 unspecified atom stereocenters. The van der Waals surface area contributed by atoms with Crippen LogP contribution < -0.4 is 0 Å². The molecule has 0 radical (unpaired) electrons. The number of carbonyl (C=O) groups excluding carboxylic acids is 1. The maximum absolute atomic E-state index is 11.1. The van der Waals surface area contributed by atoms with Crippen LogP contribution in [-0.2, 0) is 14.3 Å². The fraction of sp³-hybridized carbons (Fsp3) is 0.538. The van der Waals surface area contributed by atoms with Crippen LogP contribution >= 0.6 is 0 Å². The maximum atomic E-state index is 11.1. The Morgan fingerprint density at radius 1 is 1.03 bits per heavy atom. The van der Waals surface area contributed by atoms with Crippen molar-refractivity contribution in [2.24, 2.45) is 23.7 Å². The SMILES string of the molecule is C#CC#CC#CC#CC1C(CCC(=O)O)C=CC(CCCCCC)C1CCOC=O. The van der Waals surface area contributed by atoms with Gasteiger partial charge in [0.25, 0.3) is 6.47 Å². The van der Waals surface area contributed by atoms with E-state index in [1.165, 1.54) is 19.3 Å². The Labute approximate surface area is 180 Å². The van der Waals surface area contributed by atoms with E-state index in [9.17, 15) is 9.59 Å². The number of carboxylic acids is 1. The molecule has 0 fully saturated rings. The molecule has 0 aromatic rings. The molecule has 158 valence electrons. The van der Waals surface area contributed by atoms with Crippen LogP contribution in [0.3, 0.4) is 0 Å². The van der Waals surface area contributed by atoms with Crippen LogP contribution in [0.15, 0.2) is 12.2 Å². The van der Waals surface area contributed by atoms with Gasteiger partial charge in [0.2, 0.25) is 0 Å². The summed E-state index contributed by atoms with van der Waals surface area (Å²) >= 11 is 0. The predicted octanol–water partition coefficient (Wildman–Crippen LogP) is 4.06. The zero-order valence-corrected chi connectivity index (χ0v) is 17.7. The highest BCUT2D eigenvalue weighted by Crippen LogP contribution is 2.40. The molecule has 0 aromatic heterocycles. The quantitative estimate of drug-likeness (QED) is 0.230. The van der Waals surface area contributed by atoms with E-state index in [-0.39, 0.29) is 24.2 Å². The Morgan fingerprint density at radius 3 is 2.47 bits per heavy atom. The van der Waals surface area contributed by atoms with Crippen molar-refractivity contribution >= 4 is 12.4 Å². The van der Waals surface area contributed by atoms with Crippen molar-refractivity contribution in [1.29, 1.82) is 0 Å². The van der Waals surface area contributed by atoms with Gasteiger partial charge < -0.3 is 9.84 Å². The molecule has 4 heteroatoms. The Hall–Kier alpha value is -3.08. The lowest BCUT2D eigenvalue weighted by Gasteiger charge is -2.37. The van der Waals surface area contributed by atoms with Gasteiger partial charge in [-0.15, -0.1) is 6.42 Å². The van der Waals surface area contributed by atoms with Gasteiger partial charge in [-0.2, -0.15) is 0 Å². The number of unbranched alkanes of at least 4 members (excludes halogenated alkanes) is 3. The normalized spacial score (nSPS) is 21.5. The van der Waals surface area contributed by atoms with Gasteiger partial charge in [0, 0.05) is 12.3 Å². The first-order chi connectivity index (χ1) is 14.6. The van der Waals surface area contributed by atoms with E-state index in [1.807, 2.05) is 0 Å². The lowest BCUT2D eigenvalue weighted by Crippen LogP contribution is -2.32. The summed E-state index contributed by atoms with van der Waals surface area (Å²) in [5, 5.41) is 9.11. The molecule has 0 aromatic carbocycles. The molecular formula is C26H30O4. The minimum atomic E-state index is -0.818. The van der Waals surface area contributed by atoms with Gasteiger partial charge >= 0.3 is 5.97 Å². The van der Waals surface area contributed by atoms with Gasteiger partial charge in [-0.1, -0.05) is 50.7 Å². The lowest BCUT2D eigenvalue weighted by molar-refractivity contribution is -0.137. The van der Waals surface area contributed by atoms with E-state index in [1.54, 1.807) is 0 Å². The second kappa shape index (κ2) is 15.8. The molecule has 0 amide bonds. The number of hydrogen-bond acceptors (Lipinski definition) is 3. The summed E-state index contributed by atoms with van der Waals surface area (Å²) in [5.74, 6) is 18.3. The van der Waals surface area contributed by atoms with Gasteiger partial charge in [0.05, 0.1) is 6.61 Å². The van der Waals surface area contributed by atoms with E-state index in [0.29, 0.717) is 31.8 Å². The third-order valence-corrected chi connectivity index (χ3v) is 5.36. The Kier molecular flexibility index (Phi) is 13.1. The highest BCUT2D eigenvalue weighted by atomic mass is 16.5. The molecule has 0 heterocycles. The molecule has 4 atom stereocenters. The Balaban J connectivity index is 3.07. The smallest absolute Gasteiger partial charge is 0.303 e. The standard InChI is InChI=1S/C26H30O4/c1-3-5-7-9-10-12-14-24-23(17-18-26(28)29)16-15-22(13-11-8-6-4-2)25(24)19-20-30-21-27/h1,15-16,21-25H,4,6,8,11,13,17-20H2,2H3,(H,28,29). The number of carbonyl (C=O) groups is 2. The molecule has 0 spiro atoms. The van der Waals surface area contributed by atoms with E-state index in [4.69, 9.17) is 16.3 Å². The van der Waals surface area contributed by atoms with Crippen LogP contribution in [0, 0.1) is 71.5 Å². The molecule has 1 rings (SSSR count). The van der Waals surface area contributed by atoms with Gasteiger partial charge in [-0.05, 0) is 72.5 Å². The van der Waals surface area contributed by atoms with Gasteiger partial charge in [-0.25, -0.2) is 0 Å². The molecule has 1 N–H and O–H groups in total. The highest BCUT2D eigenvalue weighted by Gasteiger charge is 2.35. The Morgan fingerprint density at radius 2 is 1.77 bits per heavy atom. The second-order valence-electron chi connectivity index (χ2n) is 7.35. The zero-order valence-electron chi connectivity index (χ0n) is 17.7. The van der Waals surface area contributed by atoms with E-state index >= 15 is 0 Å². The number of terminal acetylenes is 1. The predicted molar refractivity (Wildman–Crippen MR) is 118 cm³/mol. The Bertz CT molecular complexity index is 798. The third-order valence-electron chi connectivity index (χ3n) is 5.36. The third kappa shape index (κ3) is 9.92. The number of ether oxygens (including phenoxy) is 1. The zero-order chi connectivity index (χ0) is 22.0. The number of allylic oxidation sites excluding steroid dienone is 2. The summed E-state index contributed by atoms with van der Waals surface area (Å²) < 4.78 is 4.97. The van der Waals surface area contributed by atoms with Crippen molar-refractivity contribution in [3.8, 4) is 47.9 Å². The van der Waals surface area contributed by atoms with E-state index < -0.39 is 5.97 Å². The lowest BCUT2D eigenvalue weighted by atomic mass is 9.67. The average molecular weight is 407 g/mol. The van der Waals surface area contributed by atoms with Crippen molar-refractivity contribution in [2.75, 3.05) is 6.61 Å². The minimum absolute atomic E-state index is 0.0281. The fourth-order valence-corrected chi connectivity index (χ4v) is 3.92. The number of aliphatic carboxylic acids is 1. The average Bonchev–Trinajstić information content (AvgIpc) is 2.73. The molecule has 0 saturated carbocycles. The van der Waals surface area contributed by atoms with Crippen LogP contribution in [0.1, 0.15) is 58.3 Å². The minimum Gasteiger partial charge on any atom is -0.481 e. The van der Waals surface area contributed by atoms with E-state index in [0.717, 1.165) is 12.8 Å². The van der Waals surface area contributed by atoms with Crippen molar-refractivity contribution in [3.05, 3.63) is 12.2 Å². The first kappa shape index (κ1) is 25.0. The van der Waals surface area contributed by atoms with Crippen molar-refractivity contribution in [1.82, 2.24) is 0 Å². The fourth-order valence-electron chi connectivity index (χ4n) is 3.92. The molecule has 0 saturated heterocycles. The van der Waals surface area contributed by atoms with Crippen molar-refractivity contribution in [3.63, 3.8) is 0 Å². The molecule has 4 nitrogen and oxygen atoms in total.